The highest BCUT2D eigenvalue weighted by molar-refractivity contribution is 5.89. The number of benzene rings is 2. The first-order valence-electron chi connectivity index (χ1n) is 13.8. The molecule has 1 aliphatic rings. The molecule has 0 bridgehead atoms. The summed E-state index contributed by atoms with van der Waals surface area (Å²) >= 11 is 0. The number of aryl methyl sites for hydroxylation is 1. The van der Waals surface area contributed by atoms with Crippen molar-refractivity contribution in [3.8, 4) is 11.7 Å². The molecule has 0 saturated carbocycles. The summed E-state index contributed by atoms with van der Waals surface area (Å²) in [5.74, 6) is 0.0848. The van der Waals surface area contributed by atoms with E-state index in [1.807, 2.05) is 31.2 Å². The van der Waals surface area contributed by atoms with Crippen LogP contribution in [0.2, 0.25) is 0 Å². The van der Waals surface area contributed by atoms with Crippen LogP contribution in [0.1, 0.15) is 23.2 Å². The summed E-state index contributed by atoms with van der Waals surface area (Å²) in [6.07, 6.45) is -0.684. The molecule has 2 N–H and O–H groups in total. The van der Waals surface area contributed by atoms with E-state index in [2.05, 4.69) is 25.6 Å². The van der Waals surface area contributed by atoms with Gasteiger partial charge in [-0.25, -0.2) is 14.8 Å². The number of rotatable bonds is 8. The van der Waals surface area contributed by atoms with Gasteiger partial charge in [0.2, 0.25) is 11.9 Å². The van der Waals surface area contributed by atoms with Crippen LogP contribution in [0.5, 0.6) is 5.75 Å². The first-order valence-corrected chi connectivity index (χ1v) is 13.8. The lowest BCUT2D eigenvalue weighted by molar-refractivity contribution is -0.141. The lowest BCUT2D eigenvalue weighted by atomic mass is 10.1. The molecule has 1 atom stereocenters. The van der Waals surface area contributed by atoms with E-state index in [0.717, 1.165) is 17.2 Å². The number of anilines is 2. The fourth-order valence-corrected chi connectivity index (χ4v) is 4.79. The molecule has 0 radical (unpaired) electrons. The molecule has 1 unspecified atom stereocenters. The van der Waals surface area contributed by atoms with Crippen LogP contribution in [0, 0.1) is 6.92 Å². The standard InChI is InChI=1S/C30H31F3N8O3/c1-20-3-5-21(6-4-20)17-35-27(42)15-23-18-39(29(43)36-22-7-9-24(44-2)10-8-22)13-14-41(23)26-16-25(30(31,32)33)37-28(38-26)40-12-11-34-19-40/h3-12,16,19,23H,13-15,17-18H2,1-2H3,(H,35,42)(H,36,43). The third kappa shape index (κ3) is 7.43. The fourth-order valence-electron chi connectivity index (χ4n) is 4.79. The van der Waals surface area contributed by atoms with Crippen molar-refractivity contribution in [3.05, 3.63) is 90.1 Å². The number of nitrogens with one attached hydrogen (secondary N) is 2. The normalized spacial score (nSPS) is 15.2. The number of hydrogen-bond donors (Lipinski definition) is 2. The summed E-state index contributed by atoms with van der Waals surface area (Å²) in [6, 6.07) is 14.3. The second kappa shape index (κ2) is 13.0. The average molecular weight is 609 g/mol. The Morgan fingerprint density at radius 2 is 1.80 bits per heavy atom. The molecule has 14 heteroatoms. The molecule has 230 valence electrons. The number of carbonyl (C=O) groups is 2. The predicted molar refractivity (Wildman–Crippen MR) is 157 cm³/mol. The monoisotopic (exact) mass is 608 g/mol. The van der Waals surface area contributed by atoms with Gasteiger partial charge in [0.25, 0.3) is 0 Å². The van der Waals surface area contributed by atoms with Crippen LogP contribution >= 0.6 is 0 Å². The number of halogens is 3. The van der Waals surface area contributed by atoms with Crippen molar-refractivity contribution in [2.75, 3.05) is 37.0 Å². The molecule has 5 rings (SSSR count). The Kier molecular flexibility index (Phi) is 8.97. The van der Waals surface area contributed by atoms with E-state index in [9.17, 15) is 22.8 Å². The molecule has 2 aromatic carbocycles. The molecule has 1 saturated heterocycles. The Morgan fingerprint density at radius 3 is 2.45 bits per heavy atom. The zero-order valence-electron chi connectivity index (χ0n) is 24.1. The molecule has 3 amide bonds. The topological polar surface area (TPSA) is 118 Å². The molecule has 11 nitrogen and oxygen atoms in total. The van der Waals surface area contributed by atoms with Crippen molar-refractivity contribution in [1.82, 2.24) is 29.7 Å². The Hall–Kier alpha value is -5.14. The number of imidazole rings is 1. The summed E-state index contributed by atoms with van der Waals surface area (Å²) in [4.78, 5) is 41.5. The Bertz CT molecular complexity index is 1580. The minimum absolute atomic E-state index is 0.0115. The summed E-state index contributed by atoms with van der Waals surface area (Å²) in [5, 5.41) is 5.71. The number of aromatic nitrogens is 4. The van der Waals surface area contributed by atoms with Gasteiger partial charge >= 0.3 is 12.2 Å². The van der Waals surface area contributed by atoms with Gasteiger partial charge in [0, 0.05) is 56.7 Å². The number of piperazine rings is 1. The van der Waals surface area contributed by atoms with Gasteiger partial charge in [0.1, 0.15) is 17.9 Å². The number of hydrogen-bond acceptors (Lipinski definition) is 7. The number of urea groups is 1. The van der Waals surface area contributed by atoms with E-state index >= 15 is 0 Å². The van der Waals surface area contributed by atoms with Crippen LogP contribution in [0.3, 0.4) is 0 Å². The summed E-state index contributed by atoms with van der Waals surface area (Å²) < 4.78 is 48.2. The maximum absolute atomic E-state index is 13.9. The van der Waals surface area contributed by atoms with Gasteiger partial charge in [0.05, 0.1) is 13.2 Å². The molecular formula is C30H31F3N8O3. The van der Waals surface area contributed by atoms with Gasteiger partial charge in [-0.05, 0) is 36.8 Å². The second-order valence-corrected chi connectivity index (χ2v) is 10.3. The van der Waals surface area contributed by atoms with E-state index in [1.165, 1.54) is 35.3 Å². The predicted octanol–water partition coefficient (Wildman–Crippen LogP) is 4.43. The van der Waals surface area contributed by atoms with Gasteiger partial charge in [0.15, 0.2) is 5.69 Å². The number of amides is 3. The number of nitrogens with zero attached hydrogens (tertiary/aromatic N) is 6. The highest BCUT2D eigenvalue weighted by Gasteiger charge is 2.37. The van der Waals surface area contributed by atoms with Gasteiger partial charge in [-0.15, -0.1) is 0 Å². The highest BCUT2D eigenvalue weighted by Crippen LogP contribution is 2.32. The van der Waals surface area contributed by atoms with Gasteiger partial charge in [-0.1, -0.05) is 29.8 Å². The van der Waals surface area contributed by atoms with E-state index in [4.69, 9.17) is 4.74 Å². The maximum atomic E-state index is 13.9. The lowest BCUT2D eigenvalue weighted by Crippen LogP contribution is -2.57. The summed E-state index contributed by atoms with van der Waals surface area (Å²) in [5.41, 5.74) is 1.40. The largest absolute Gasteiger partial charge is 0.497 e. The third-order valence-electron chi connectivity index (χ3n) is 7.16. The molecule has 1 aliphatic heterocycles. The Labute approximate surface area is 251 Å². The van der Waals surface area contributed by atoms with Crippen LogP contribution in [-0.4, -0.2) is 69.1 Å². The van der Waals surface area contributed by atoms with Crippen molar-refractivity contribution in [2.45, 2.75) is 32.1 Å². The SMILES string of the molecule is COc1ccc(NC(=O)N2CCN(c3cc(C(F)(F)F)nc(-n4ccnc4)n3)C(CC(=O)NCc3ccc(C)cc3)C2)cc1. The van der Waals surface area contributed by atoms with Crippen LogP contribution in [-0.2, 0) is 17.5 Å². The minimum Gasteiger partial charge on any atom is -0.497 e. The maximum Gasteiger partial charge on any atom is 0.433 e. The molecule has 1 fully saturated rings. The quantitative estimate of drug-likeness (QED) is 0.304. The second-order valence-electron chi connectivity index (χ2n) is 10.3. The lowest BCUT2D eigenvalue weighted by Gasteiger charge is -2.42. The first-order chi connectivity index (χ1) is 21.1. The zero-order chi connectivity index (χ0) is 31.3. The molecule has 44 heavy (non-hydrogen) atoms. The number of ether oxygens (including phenoxy) is 1. The van der Waals surface area contributed by atoms with E-state index in [1.54, 1.807) is 29.2 Å². The average Bonchev–Trinajstić information content (AvgIpc) is 3.56. The molecular weight excluding hydrogens is 577 g/mol. The highest BCUT2D eigenvalue weighted by atomic mass is 19.4. The smallest absolute Gasteiger partial charge is 0.433 e. The minimum atomic E-state index is -4.74. The van der Waals surface area contributed by atoms with Crippen LogP contribution < -0.4 is 20.3 Å². The van der Waals surface area contributed by atoms with Crippen molar-refractivity contribution in [2.24, 2.45) is 0 Å². The van der Waals surface area contributed by atoms with E-state index in [-0.39, 0.29) is 50.3 Å². The first kappa shape index (κ1) is 30.3. The van der Waals surface area contributed by atoms with Crippen LogP contribution in [0.4, 0.5) is 29.5 Å². The van der Waals surface area contributed by atoms with Gasteiger partial charge in [-0.2, -0.15) is 18.2 Å². The van der Waals surface area contributed by atoms with Gasteiger partial charge < -0.3 is 25.2 Å². The van der Waals surface area contributed by atoms with Crippen molar-refractivity contribution >= 4 is 23.4 Å². The van der Waals surface area contributed by atoms with Crippen molar-refractivity contribution in [3.63, 3.8) is 0 Å². The van der Waals surface area contributed by atoms with E-state index < -0.39 is 23.9 Å². The number of alkyl halides is 3. The number of carbonyl (C=O) groups excluding carboxylic acids is 2. The molecule has 4 aromatic rings. The third-order valence-corrected chi connectivity index (χ3v) is 7.16. The molecule has 3 heterocycles. The van der Waals surface area contributed by atoms with Crippen LogP contribution in [0.15, 0.2) is 73.3 Å². The van der Waals surface area contributed by atoms with Crippen molar-refractivity contribution in [1.29, 1.82) is 0 Å². The Balaban J connectivity index is 1.39. The zero-order valence-corrected chi connectivity index (χ0v) is 24.1. The van der Waals surface area contributed by atoms with Gasteiger partial charge in [-0.3, -0.25) is 9.36 Å². The molecule has 0 spiro atoms. The summed E-state index contributed by atoms with van der Waals surface area (Å²) in [6.45, 7) is 2.61. The Morgan fingerprint density at radius 1 is 1.05 bits per heavy atom. The molecule has 0 aliphatic carbocycles. The number of methoxy groups -OCH3 is 1. The molecule has 2 aromatic heterocycles. The van der Waals surface area contributed by atoms with E-state index in [0.29, 0.717) is 11.4 Å². The summed E-state index contributed by atoms with van der Waals surface area (Å²) in [7, 11) is 1.54. The van der Waals surface area contributed by atoms with Crippen molar-refractivity contribution < 1.29 is 27.5 Å². The fraction of sp³-hybridized carbons (Fsp3) is 0.300. The van der Waals surface area contributed by atoms with Crippen LogP contribution in [0.25, 0.3) is 5.95 Å².